The third kappa shape index (κ3) is 1.11. The molecule has 0 aliphatic heterocycles. The minimum Gasteiger partial charge on any atom is -0.480 e. The van der Waals surface area contributed by atoms with Crippen molar-refractivity contribution in [3.8, 4) is 0 Å². The smallest absolute Gasteiger partial charge is 0.325 e. The topological polar surface area (TPSA) is 74.6 Å². The molecule has 0 aromatic carbocycles. The Bertz CT molecular complexity index is 261. The van der Waals surface area contributed by atoms with Gasteiger partial charge in [0.2, 0.25) is 0 Å². The van der Waals surface area contributed by atoms with Gasteiger partial charge in [0.25, 0.3) is 0 Å². The zero-order valence-corrected chi connectivity index (χ0v) is 6.15. The van der Waals surface area contributed by atoms with Crippen molar-refractivity contribution in [1.82, 2.24) is 0 Å². The van der Waals surface area contributed by atoms with E-state index in [0.29, 0.717) is 0 Å². The first-order valence-electron chi connectivity index (χ1n) is 3.31. The fourth-order valence-corrected chi connectivity index (χ4v) is 0.945. The summed E-state index contributed by atoms with van der Waals surface area (Å²) < 4.78 is 0. The highest BCUT2D eigenvalue weighted by atomic mass is 16.4. The van der Waals surface area contributed by atoms with Gasteiger partial charge in [-0.15, -0.1) is 0 Å². The van der Waals surface area contributed by atoms with E-state index < -0.39 is 17.4 Å². The van der Waals surface area contributed by atoms with Crippen LogP contribution >= 0.6 is 0 Å². The van der Waals surface area contributed by atoms with Gasteiger partial charge in [0.05, 0.1) is 0 Å². The van der Waals surface area contributed by atoms with Crippen LogP contribution in [0.25, 0.3) is 0 Å². The average Bonchev–Trinajstić information content (AvgIpc) is 2.05. The number of rotatable bonds is 2. The lowest BCUT2D eigenvalue weighted by atomic mass is 9.82. The summed E-state index contributed by atoms with van der Waals surface area (Å²) >= 11 is 0. The normalized spacial score (nSPS) is 19.0. The lowest BCUT2D eigenvalue weighted by Gasteiger charge is -2.20. The lowest BCUT2D eigenvalue weighted by molar-refractivity contribution is -0.160. The van der Waals surface area contributed by atoms with Crippen molar-refractivity contribution in [1.29, 1.82) is 0 Å². The maximum absolute atomic E-state index is 10.6. The van der Waals surface area contributed by atoms with Gasteiger partial charge in [-0.3, -0.25) is 9.59 Å². The molecule has 0 atom stereocenters. The number of carbonyl (C=O) groups is 2. The van der Waals surface area contributed by atoms with Crippen LogP contribution in [0.1, 0.15) is 6.42 Å². The maximum Gasteiger partial charge on any atom is 0.325 e. The molecule has 1 aliphatic carbocycles. The minimum absolute atomic E-state index is 0.117. The molecule has 0 spiro atoms. The molecule has 1 aliphatic rings. The lowest BCUT2D eigenvalue weighted by Crippen LogP contribution is -2.37. The summed E-state index contributed by atoms with van der Waals surface area (Å²) in [6.45, 7) is 0. The molecule has 4 heteroatoms. The fraction of sp³-hybridized carbons (Fsp3) is 0.250. The number of carboxylic acid groups (broad SMARTS) is 2. The summed E-state index contributed by atoms with van der Waals surface area (Å²) in [5.41, 5.74) is -1.81. The van der Waals surface area contributed by atoms with E-state index in [2.05, 4.69) is 6.08 Å². The first-order valence-corrected chi connectivity index (χ1v) is 3.31. The Morgan fingerprint density at radius 3 is 2.17 bits per heavy atom. The largest absolute Gasteiger partial charge is 0.480 e. The minimum atomic E-state index is -1.81. The molecule has 2 N–H and O–H groups in total. The van der Waals surface area contributed by atoms with Crippen LogP contribution in [0.15, 0.2) is 18.2 Å². The molecule has 1 rings (SSSR count). The molecule has 0 fully saturated rings. The molecule has 12 heavy (non-hydrogen) atoms. The second-order valence-electron chi connectivity index (χ2n) is 2.49. The number of hydrogen-bond donors (Lipinski definition) is 2. The van der Waals surface area contributed by atoms with E-state index in [1.807, 2.05) is 0 Å². The highest BCUT2D eigenvalue weighted by Crippen LogP contribution is 2.27. The molecule has 4 nitrogen and oxygen atoms in total. The van der Waals surface area contributed by atoms with Crippen molar-refractivity contribution in [3.05, 3.63) is 24.3 Å². The van der Waals surface area contributed by atoms with Crippen LogP contribution in [0.2, 0.25) is 0 Å². The number of carboxylic acids is 2. The number of hydrogen-bond acceptors (Lipinski definition) is 2. The van der Waals surface area contributed by atoms with Crippen molar-refractivity contribution in [3.63, 3.8) is 0 Å². The van der Waals surface area contributed by atoms with E-state index in [9.17, 15) is 9.59 Å². The Morgan fingerprint density at radius 2 is 1.92 bits per heavy atom. The summed E-state index contributed by atoms with van der Waals surface area (Å²) in [7, 11) is 0. The molecule has 0 unspecified atom stereocenters. The van der Waals surface area contributed by atoms with Crippen LogP contribution in [0.5, 0.6) is 0 Å². The van der Waals surface area contributed by atoms with Crippen LogP contribution < -0.4 is 0 Å². The number of allylic oxidation sites excluding steroid dienone is 3. The van der Waals surface area contributed by atoms with Crippen LogP contribution in [-0.2, 0) is 9.59 Å². The Kier molecular flexibility index (Phi) is 1.99. The first-order chi connectivity index (χ1) is 5.59. The Balaban J connectivity index is 3.04. The van der Waals surface area contributed by atoms with Gasteiger partial charge in [0.15, 0.2) is 5.41 Å². The highest BCUT2D eigenvalue weighted by Gasteiger charge is 2.43. The van der Waals surface area contributed by atoms with Gasteiger partial charge in [-0.05, 0) is 6.08 Å². The van der Waals surface area contributed by atoms with E-state index in [-0.39, 0.29) is 6.42 Å². The second kappa shape index (κ2) is 2.81. The standard InChI is InChI=1S/C8H7O4/c9-6(10)8(7(11)12)4-2-1-3-5-8/h1-2,4H,5H2,(H,9,10)(H,11,12). The zero-order chi connectivity index (χ0) is 9.19. The Morgan fingerprint density at radius 1 is 1.33 bits per heavy atom. The van der Waals surface area contributed by atoms with Gasteiger partial charge in [0, 0.05) is 6.42 Å². The zero-order valence-electron chi connectivity index (χ0n) is 6.15. The van der Waals surface area contributed by atoms with E-state index >= 15 is 0 Å². The molecule has 0 aromatic heterocycles. The first kappa shape index (κ1) is 8.52. The molecule has 0 bridgehead atoms. The second-order valence-corrected chi connectivity index (χ2v) is 2.49. The van der Waals surface area contributed by atoms with Crippen molar-refractivity contribution >= 4 is 11.9 Å². The van der Waals surface area contributed by atoms with Crippen LogP contribution in [0.4, 0.5) is 0 Å². The van der Waals surface area contributed by atoms with Gasteiger partial charge in [-0.25, -0.2) is 0 Å². The van der Waals surface area contributed by atoms with E-state index in [4.69, 9.17) is 10.2 Å². The molecule has 0 saturated heterocycles. The number of aliphatic carboxylic acids is 2. The molecule has 0 aromatic rings. The predicted octanol–water partition coefficient (Wildman–Crippen LogP) is 0.461. The quantitative estimate of drug-likeness (QED) is 0.586. The summed E-state index contributed by atoms with van der Waals surface area (Å²) in [6, 6.07) is 0. The fourth-order valence-electron chi connectivity index (χ4n) is 0.945. The molecular formula is C8H7O4. The summed E-state index contributed by atoms with van der Waals surface area (Å²) in [5, 5.41) is 17.3. The summed E-state index contributed by atoms with van der Waals surface area (Å²) in [5.74, 6) is -2.71. The third-order valence-electron chi connectivity index (χ3n) is 1.74. The van der Waals surface area contributed by atoms with Gasteiger partial charge >= 0.3 is 11.9 Å². The molecule has 0 saturated carbocycles. The van der Waals surface area contributed by atoms with Crippen molar-refractivity contribution in [2.24, 2.45) is 5.41 Å². The van der Waals surface area contributed by atoms with Gasteiger partial charge < -0.3 is 10.2 Å². The maximum atomic E-state index is 10.6. The monoisotopic (exact) mass is 167 g/mol. The van der Waals surface area contributed by atoms with Gasteiger partial charge in [-0.2, -0.15) is 0 Å². The van der Waals surface area contributed by atoms with E-state index in [1.54, 1.807) is 0 Å². The van der Waals surface area contributed by atoms with E-state index in [1.165, 1.54) is 12.2 Å². The Labute approximate surface area is 68.8 Å². The molecule has 0 heterocycles. The van der Waals surface area contributed by atoms with Crippen LogP contribution in [0.3, 0.4) is 0 Å². The predicted molar refractivity (Wildman–Crippen MR) is 39.3 cm³/mol. The summed E-state index contributed by atoms with van der Waals surface area (Å²) in [6.07, 6.45) is 6.49. The van der Waals surface area contributed by atoms with Crippen LogP contribution in [-0.4, -0.2) is 22.2 Å². The molecule has 1 radical (unpaired) electrons. The van der Waals surface area contributed by atoms with E-state index in [0.717, 1.165) is 6.08 Å². The third-order valence-corrected chi connectivity index (χ3v) is 1.74. The molecule has 63 valence electrons. The Hall–Kier alpha value is -1.58. The van der Waals surface area contributed by atoms with Gasteiger partial charge in [-0.1, -0.05) is 18.2 Å². The highest BCUT2D eigenvalue weighted by molar-refractivity contribution is 6.00. The van der Waals surface area contributed by atoms with Crippen molar-refractivity contribution in [2.75, 3.05) is 0 Å². The summed E-state index contributed by atoms with van der Waals surface area (Å²) in [4.78, 5) is 21.3. The van der Waals surface area contributed by atoms with Crippen molar-refractivity contribution in [2.45, 2.75) is 6.42 Å². The van der Waals surface area contributed by atoms with Gasteiger partial charge in [0.1, 0.15) is 0 Å². The van der Waals surface area contributed by atoms with Crippen LogP contribution in [0, 0.1) is 11.5 Å². The SMILES string of the molecule is O=C(O)C1(C(=O)O)C=CC=[C]C1. The van der Waals surface area contributed by atoms with Crippen molar-refractivity contribution < 1.29 is 19.8 Å². The molecule has 0 amide bonds. The average molecular weight is 167 g/mol. The molecular weight excluding hydrogens is 160 g/mol.